The molecule has 0 atom stereocenters. The van der Waals surface area contributed by atoms with Crippen LogP contribution in [0.3, 0.4) is 0 Å². The predicted octanol–water partition coefficient (Wildman–Crippen LogP) is 5.69. The minimum atomic E-state index is -0.582. The average Bonchev–Trinajstić information content (AvgIpc) is 3.54. The zero-order valence-corrected chi connectivity index (χ0v) is 23.5. The van der Waals surface area contributed by atoms with Crippen molar-refractivity contribution in [2.75, 3.05) is 6.61 Å². The van der Waals surface area contributed by atoms with Crippen LogP contribution in [0, 0.1) is 13.8 Å². The number of hydrogen-bond donors (Lipinski definition) is 2. The number of allylic oxidation sites excluding steroid dienone is 1. The van der Waals surface area contributed by atoms with Crippen LogP contribution >= 0.6 is 0 Å². The number of aryl methyl sites for hydroxylation is 3. The predicted molar refractivity (Wildman–Crippen MR) is 153 cm³/mol. The molecule has 204 valence electrons. The lowest BCUT2D eigenvalue weighted by molar-refractivity contribution is -0.114. The zero-order chi connectivity index (χ0) is 28.5. The van der Waals surface area contributed by atoms with Crippen molar-refractivity contribution < 1.29 is 19.4 Å². The summed E-state index contributed by atoms with van der Waals surface area (Å²) in [5.41, 5.74) is 6.79. The molecular weight excluding hydrogens is 492 g/mol. The van der Waals surface area contributed by atoms with Crippen LogP contribution < -0.4 is 0 Å². The summed E-state index contributed by atoms with van der Waals surface area (Å²) in [6.07, 6.45) is 7.27. The summed E-state index contributed by atoms with van der Waals surface area (Å²) in [6.45, 7) is 14.9. The molecule has 3 aromatic heterocycles. The quantitative estimate of drug-likeness (QED) is 0.202. The summed E-state index contributed by atoms with van der Waals surface area (Å²) in [6, 6.07) is 6.18. The molecule has 0 aliphatic heterocycles. The number of aromatic nitrogens is 4. The minimum Gasteiger partial charge on any atom is -0.459 e. The zero-order valence-electron chi connectivity index (χ0n) is 23.5. The van der Waals surface area contributed by atoms with E-state index in [0.29, 0.717) is 24.1 Å². The summed E-state index contributed by atoms with van der Waals surface area (Å²) < 4.78 is 7.23. The van der Waals surface area contributed by atoms with Crippen molar-refractivity contribution in [3.63, 3.8) is 0 Å². The molecule has 0 aliphatic carbocycles. The van der Waals surface area contributed by atoms with Gasteiger partial charge in [0, 0.05) is 35.3 Å². The van der Waals surface area contributed by atoms with Crippen molar-refractivity contribution in [1.29, 1.82) is 0 Å². The first kappa shape index (κ1) is 28.0. The van der Waals surface area contributed by atoms with Gasteiger partial charge in [0.1, 0.15) is 5.65 Å². The molecule has 0 bridgehead atoms. The fraction of sp³-hybridized carbons (Fsp3) is 0.355. The molecule has 3 heterocycles. The Hall–Kier alpha value is -4.04. The number of carbonyl (C=O) groups is 2. The number of fused-ring (bicyclic) bond motifs is 1. The molecule has 8 heteroatoms. The monoisotopic (exact) mass is 528 g/mol. The fourth-order valence-electron chi connectivity index (χ4n) is 4.61. The van der Waals surface area contributed by atoms with Crippen molar-refractivity contribution in [1.82, 2.24) is 19.7 Å². The molecule has 4 aromatic rings. The van der Waals surface area contributed by atoms with Crippen molar-refractivity contribution in [3.05, 3.63) is 71.7 Å². The third-order valence-corrected chi connectivity index (χ3v) is 7.03. The Morgan fingerprint density at radius 3 is 2.62 bits per heavy atom. The standard InChI is InChI=1S/C31H36N4O4/c1-8-24(37)12-11-21-13-22(10-9-19(21)4)27-26-20(5)25(30(38)39-18(2)3)15-32-29(26)34-28(27)23-14-33-35(16-23)31(6,7)17-36/h8-10,13-16,18,36H,1,11-12,17H2,2-7H3,(H,32,34). The number of esters is 1. The molecular formula is C31H36N4O4. The summed E-state index contributed by atoms with van der Waals surface area (Å²) in [5, 5.41) is 15.2. The molecule has 39 heavy (non-hydrogen) atoms. The number of ketones is 1. The number of H-pyrrole nitrogens is 1. The van der Waals surface area contributed by atoms with E-state index in [-0.39, 0.29) is 18.5 Å². The Labute approximate surface area is 228 Å². The first-order chi connectivity index (χ1) is 18.5. The molecule has 0 fully saturated rings. The van der Waals surface area contributed by atoms with Gasteiger partial charge in [-0.05, 0) is 76.3 Å². The van der Waals surface area contributed by atoms with Crippen LogP contribution in [0.1, 0.15) is 61.2 Å². The van der Waals surface area contributed by atoms with E-state index in [1.165, 1.54) is 6.08 Å². The van der Waals surface area contributed by atoms with Crippen LogP contribution in [0.2, 0.25) is 0 Å². The fourth-order valence-corrected chi connectivity index (χ4v) is 4.61. The molecule has 0 spiro atoms. The number of benzene rings is 1. The number of aromatic amines is 1. The Morgan fingerprint density at radius 1 is 1.21 bits per heavy atom. The molecule has 1 aromatic carbocycles. The van der Waals surface area contributed by atoms with E-state index in [9.17, 15) is 14.7 Å². The number of hydrogen-bond acceptors (Lipinski definition) is 6. The Kier molecular flexibility index (Phi) is 7.88. The number of rotatable bonds is 10. The van der Waals surface area contributed by atoms with Crippen molar-refractivity contribution in [3.8, 4) is 22.4 Å². The Balaban J connectivity index is 1.96. The SMILES string of the molecule is C=CC(=O)CCc1cc(-c2c(-c3cnn(C(C)(C)CO)c3)[nH]c3ncc(C(=O)OC(C)C)c(C)c23)ccc1C. The normalized spacial score (nSPS) is 11.8. The van der Waals surface area contributed by atoms with Crippen molar-refractivity contribution in [2.45, 2.75) is 66.0 Å². The number of aliphatic hydroxyl groups is 1. The maximum Gasteiger partial charge on any atom is 0.340 e. The van der Waals surface area contributed by atoms with Gasteiger partial charge in [-0.15, -0.1) is 0 Å². The van der Waals surface area contributed by atoms with Crippen molar-refractivity contribution >= 4 is 22.8 Å². The van der Waals surface area contributed by atoms with Gasteiger partial charge in [-0.3, -0.25) is 9.48 Å². The topological polar surface area (TPSA) is 110 Å². The second-order valence-corrected chi connectivity index (χ2v) is 10.8. The number of carbonyl (C=O) groups excluding carboxylic acids is 2. The van der Waals surface area contributed by atoms with Crippen LogP contribution in [0.4, 0.5) is 0 Å². The summed E-state index contributed by atoms with van der Waals surface area (Å²) in [7, 11) is 0. The van der Waals surface area contributed by atoms with Gasteiger partial charge in [0.15, 0.2) is 5.78 Å². The van der Waals surface area contributed by atoms with Gasteiger partial charge in [-0.2, -0.15) is 5.10 Å². The number of nitrogens with zero attached hydrogens (tertiary/aromatic N) is 3. The molecule has 0 amide bonds. The van der Waals surface area contributed by atoms with E-state index in [1.54, 1.807) is 17.1 Å². The van der Waals surface area contributed by atoms with E-state index >= 15 is 0 Å². The lowest BCUT2D eigenvalue weighted by Gasteiger charge is -2.22. The first-order valence-corrected chi connectivity index (χ1v) is 13.1. The molecule has 0 unspecified atom stereocenters. The highest BCUT2D eigenvalue weighted by atomic mass is 16.5. The smallest absolute Gasteiger partial charge is 0.340 e. The van der Waals surface area contributed by atoms with Gasteiger partial charge in [-0.25, -0.2) is 9.78 Å². The van der Waals surface area contributed by atoms with Gasteiger partial charge < -0.3 is 14.8 Å². The number of pyridine rings is 1. The lowest BCUT2D eigenvalue weighted by Crippen LogP contribution is -2.30. The largest absolute Gasteiger partial charge is 0.459 e. The van der Waals surface area contributed by atoms with Gasteiger partial charge in [0.2, 0.25) is 0 Å². The Morgan fingerprint density at radius 2 is 1.95 bits per heavy atom. The molecule has 2 N–H and O–H groups in total. The highest BCUT2D eigenvalue weighted by molar-refractivity contribution is 6.07. The van der Waals surface area contributed by atoms with Crippen molar-refractivity contribution in [2.24, 2.45) is 0 Å². The van der Waals surface area contributed by atoms with Gasteiger partial charge >= 0.3 is 5.97 Å². The van der Waals surface area contributed by atoms with Crippen LogP contribution in [-0.4, -0.2) is 49.3 Å². The van der Waals surface area contributed by atoms with Crippen LogP contribution in [-0.2, 0) is 21.5 Å². The highest BCUT2D eigenvalue weighted by Gasteiger charge is 2.25. The van der Waals surface area contributed by atoms with Crippen LogP contribution in [0.15, 0.2) is 49.4 Å². The molecule has 4 rings (SSSR count). The summed E-state index contributed by atoms with van der Waals surface area (Å²) in [5.74, 6) is -0.421. The van der Waals surface area contributed by atoms with E-state index < -0.39 is 11.5 Å². The van der Waals surface area contributed by atoms with E-state index in [1.807, 2.05) is 59.9 Å². The highest BCUT2D eigenvalue weighted by Crippen LogP contribution is 2.41. The molecule has 0 saturated carbocycles. The van der Waals surface area contributed by atoms with Gasteiger partial charge in [0.25, 0.3) is 0 Å². The first-order valence-electron chi connectivity index (χ1n) is 13.1. The van der Waals surface area contributed by atoms with E-state index in [4.69, 9.17) is 4.74 Å². The summed E-state index contributed by atoms with van der Waals surface area (Å²) in [4.78, 5) is 32.9. The third-order valence-electron chi connectivity index (χ3n) is 7.03. The molecule has 0 aliphatic rings. The number of ether oxygens (including phenoxy) is 1. The van der Waals surface area contributed by atoms with Gasteiger partial charge in [-0.1, -0.05) is 24.8 Å². The van der Waals surface area contributed by atoms with E-state index in [2.05, 4.69) is 27.7 Å². The van der Waals surface area contributed by atoms with Gasteiger partial charge in [0.05, 0.1) is 35.7 Å². The molecule has 0 saturated heterocycles. The minimum absolute atomic E-state index is 0.000139. The maximum atomic E-state index is 12.9. The molecule has 0 radical (unpaired) electrons. The Bertz CT molecular complexity index is 1560. The maximum absolute atomic E-state index is 12.9. The summed E-state index contributed by atoms with van der Waals surface area (Å²) >= 11 is 0. The average molecular weight is 529 g/mol. The van der Waals surface area contributed by atoms with Crippen LogP contribution in [0.5, 0.6) is 0 Å². The number of nitrogens with one attached hydrogen (secondary N) is 1. The lowest BCUT2D eigenvalue weighted by atomic mass is 9.92. The third kappa shape index (κ3) is 5.56. The second-order valence-electron chi connectivity index (χ2n) is 10.8. The second kappa shape index (κ2) is 11.0. The number of aliphatic hydroxyl groups excluding tert-OH is 1. The molecule has 8 nitrogen and oxygen atoms in total. The van der Waals surface area contributed by atoms with E-state index in [0.717, 1.165) is 44.5 Å². The van der Waals surface area contributed by atoms with Crippen LogP contribution in [0.25, 0.3) is 33.4 Å².